The van der Waals surface area contributed by atoms with Crippen molar-refractivity contribution >= 4 is 0 Å². The Hall–Kier alpha value is -1.75. The predicted octanol–water partition coefficient (Wildman–Crippen LogP) is 2.04. The lowest BCUT2D eigenvalue weighted by Crippen LogP contribution is -2.31. The van der Waals surface area contributed by atoms with Gasteiger partial charge in [0.15, 0.2) is 5.82 Å². The van der Waals surface area contributed by atoms with Crippen LogP contribution in [0.3, 0.4) is 0 Å². The highest BCUT2D eigenvalue weighted by molar-refractivity contribution is 5.15. The topological polar surface area (TPSA) is 77.8 Å². The SMILES string of the molecule is NC1CCCCC1c1nc(Cc2ccncc2)no1. The zero-order valence-corrected chi connectivity index (χ0v) is 10.8. The van der Waals surface area contributed by atoms with E-state index in [1.807, 2.05) is 12.1 Å². The van der Waals surface area contributed by atoms with E-state index in [1.54, 1.807) is 12.4 Å². The fourth-order valence-electron chi connectivity index (χ4n) is 2.64. The standard InChI is InChI=1S/C14H18N4O/c15-12-4-2-1-3-11(12)14-17-13(18-19-14)9-10-5-7-16-8-6-10/h5-8,11-12H,1-4,9,15H2. The van der Waals surface area contributed by atoms with E-state index in [-0.39, 0.29) is 12.0 Å². The van der Waals surface area contributed by atoms with Crippen molar-refractivity contribution in [3.63, 3.8) is 0 Å². The maximum Gasteiger partial charge on any atom is 0.231 e. The Morgan fingerprint density at radius 1 is 1.21 bits per heavy atom. The minimum absolute atomic E-state index is 0.156. The molecule has 2 heterocycles. The molecule has 5 heteroatoms. The molecule has 2 unspecified atom stereocenters. The van der Waals surface area contributed by atoms with Crippen molar-refractivity contribution in [2.45, 2.75) is 44.1 Å². The molecule has 0 saturated heterocycles. The quantitative estimate of drug-likeness (QED) is 0.911. The highest BCUT2D eigenvalue weighted by Gasteiger charge is 2.28. The molecule has 100 valence electrons. The Kier molecular flexibility index (Phi) is 3.55. The van der Waals surface area contributed by atoms with Crippen LogP contribution in [-0.4, -0.2) is 21.2 Å². The summed E-state index contributed by atoms with van der Waals surface area (Å²) in [4.78, 5) is 8.50. The second-order valence-corrected chi connectivity index (χ2v) is 5.14. The second kappa shape index (κ2) is 5.48. The Morgan fingerprint density at radius 3 is 2.79 bits per heavy atom. The molecule has 0 aliphatic heterocycles. The molecule has 2 aromatic heterocycles. The van der Waals surface area contributed by atoms with Gasteiger partial charge in [0.05, 0.1) is 5.92 Å². The van der Waals surface area contributed by atoms with E-state index in [0.29, 0.717) is 12.3 Å². The molecule has 2 N–H and O–H groups in total. The van der Waals surface area contributed by atoms with Gasteiger partial charge in [0, 0.05) is 24.9 Å². The van der Waals surface area contributed by atoms with Crippen molar-refractivity contribution < 1.29 is 4.52 Å². The molecule has 0 spiro atoms. The van der Waals surface area contributed by atoms with Crippen LogP contribution in [0.1, 0.15) is 48.9 Å². The van der Waals surface area contributed by atoms with Crippen LogP contribution in [-0.2, 0) is 6.42 Å². The second-order valence-electron chi connectivity index (χ2n) is 5.14. The van der Waals surface area contributed by atoms with Crippen LogP contribution in [0, 0.1) is 0 Å². The van der Waals surface area contributed by atoms with E-state index in [1.165, 1.54) is 12.8 Å². The largest absolute Gasteiger partial charge is 0.339 e. The van der Waals surface area contributed by atoms with Gasteiger partial charge in [-0.3, -0.25) is 4.98 Å². The summed E-state index contributed by atoms with van der Waals surface area (Å²) in [6, 6.07) is 4.08. The van der Waals surface area contributed by atoms with Gasteiger partial charge in [0.2, 0.25) is 5.89 Å². The van der Waals surface area contributed by atoms with Crippen LogP contribution in [0.4, 0.5) is 0 Å². The molecule has 19 heavy (non-hydrogen) atoms. The summed E-state index contributed by atoms with van der Waals surface area (Å²) < 4.78 is 5.39. The maximum atomic E-state index is 6.14. The number of rotatable bonds is 3. The van der Waals surface area contributed by atoms with Crippen molar-refractivity contribution in [2.75, 3.05) is 0 Å². The van der Waals surface area contributed by atoms with Crippen molar-refractivity contribution in [3.05, 3.63) is 41.8 Å². The molecule has 5 nitrogen and oxygen atoms in total. The minimum Gasteiger partial charge on any atom is -0.339 e. The summed E-state index contributed by atoms with van der Waals surface area (Å²) in [5.74, 6) is 1.66. The van der Waals surface area contributed by atoms with Crippen molar-refractivity contribution in [2.24, 2.45) is 5.73 Å². The molecule has 0 amide bonds. The zero-order valence-electron chi connectivity index (χ0n) is 10.8. The summed E-state index contributed by atoms with van der Waals surface area (Å²) in [7, 11) is 0. The molecule has 1 saturated carbocycles. The van der Waals surface area contributed by atoms with E-state index in [0.717, 1.165) is 24.2 Å². The minimum atomic E-state index is 0.156. The first-order valence-electron chi connectivity index (χ1n) is 6.80. The lowest BCUT2D eigenvalue weighted by molar-refractivity contribution is 0.289. The van der Waals surface area contributed by atoms with Crippen LogP contribution in [0.2, 0.25) is 0 Å². The molecule has 1 aliphatic rings. The predicted molar refractivity (Wildman–Crippen MR) is 70.5 cm³/mol. The number of nitrogens with two attached hydrogens (primary N) is 1. The highest BCUT2D eigenvalue weighted by Crippen LogP contribution is 2.30. The zero-order chi connectivity index (χ0) is 13.1. The van der Waals surface area contributed by atoms with Gasteiger partial charge in [-0.25, -0.2) is 0 Å². The van der Waals surface area contributed by atoms with Crippen LogP contribution < -0.4 is 5.73 Å². The van der Waals surface area contributed by atoms with Crippen LogP contribution >= 0.6 is 0 Å². The molecule has 0 radical (unpaired) electrons. The average Bonchev–Trinajstić information content (AvgIpc) is 2.89. The van der Waals surface area contributed by atoms with Crippen molar-refractivity contribution in [3.8, 4) is 0 Å². The number of hydrogen-bond acceptors (Lipinski definition) is 5. The smallest absolute Gasteiger partial charge is 0.231 e. The summed E-state index contributed by atoms with van der Waals surface area (Å²) >= 11 is 0. The first kappa shape index (κ1) is 12.3. The molecule has 3 rings (SSSR count). The number of nitrogens with zero attached hydrogens (tertiary/aromatic N) is 3. The van der Waals surface area contributed by atoms with E-state index >= 15 is 0 Å². The highest BCUT2D eigenvalue weighted by atomic mass is 16.5. The first-order chi connectivity index (χ1) is 9.33. The van der Waals surface area contributed by atoms with Gasteiger partial charge in [0.1, 0.15) is 0 Å². The van der Waals surface area contributed by atoms with Gasteiger partial charge in [-0.15, -0.1) is 0 Å². The molecule has 1 fully saturated rings. The Bertz CT molecular complexity index is 525. The van der Waals surface area contributed by atoms with Gasteiger partial charge >= 0.3 is 0 Å². The molecule has 0 bridgehead atoms. The third-order valence-corrected chi connectivity index (χ3v) is 3.73. The third kappa shape index (κ3) is 2.81. The van der Waals surface area contributed by atoms with Gasteiger partial charge in [-0.05, 0) is 30.5 Å². The number of pyridine rings is 1. The summed E-state index contributed by atoms with van der Waals surface area (Å²) in [6.45, 7) is 0. The van der Waals surface area contributed by atoms with Gasteiger partial charge in [0.25, 0.3) is 0 Å². The van der Waals surface area contributed by atoms with Crippen molar-refractivity contribution in [1.82, 2.24) is 15.1 Å². The summed E-state index contributed by atoms with van der Waals surface area (Å²) in [5.41, 5.74) is 7.27. The monoisotopic (exact) mass is 258 g/mol. The lowest BCUT2D eigenvalue weighted by Gasteiger charge is -2.25. The fourth-order valence-corrected chi connectivity index (χ4v) is 2.64. The van der Waals surface area contributed by atoms with E-state index in [2.05, 4.69) is 15.1 Å². The maximum absolute atomic E-state index is 6.14. The number of hydrogen-bond donors (Lipinski definition) is 1. The molecule has 2 aromatic rings. The fraction of sp³-hybridized carbons (Fsp3) is 0.500. The van der Waals surface area contributed by atoms with Gasteiger partial charge in [-0.1, -0.05) is 18.0 Å². The van der Waals surface area contributed by atoms with Crippen LogP contribution in [0.25, 0.3) is 0 Å². The molecule has 0 aromatic carbocycles. The third-order valence-electron chi connectivity index (χ3n) is 3.73. The van der Waals surface area contributed by atoms with Crippen LogP contribution in [0.15, 0.2) is 29.0 Å². The Labute approximate surface area is 112 Å². The van der Waals surface area contributed by atoms with E-state index < -0.39 is 0 Å². The average molecular weight is 258 g/mol. The van der Waals surface area contributed by atoms with Gasteiger partial charge < -0.3 is 10.3 Å². The normalized spacial score (nSPS) is 23.4. The summed E-state index contributed by atoms with van der Waals surface area (Å²) in [5, 5.41) is 4.06. The number of aromatic nitrogens is 3. The summed E-state index contributed by atoms with van der Waals surface area (Å²) in [6.07, 6.45) is 8.72. The van der Waals surface area contributed by atoms with Crippen LogP contribution in [0.5, 0.6) is 0 Å². The first-order valence-corrected chi connectivity index (χ1v) is 6.80. The molecule has 2 atom stereocenters. The van der Waals surface area contributed by atoms with Gasteiger partial charge in [-0.2, -0.15) is 4.98 Å². The molecule has 1 aliphatic carbocycles. The Morgan fingerprint density at radius 2 is 2.00 bits per heavy atom. The lowest BCUT2D eigenvalue weighted by atomic mass is 9.85. The Balaban J connectivity index is 1.72. The molecular formula is C14H18N4O. The van der Waals surface area contributed by atoms with E-state index in [4.69, 9.17) is 10.3 Å². The molecular weight excluding hydrogens is 240 g/mol. The van der Waals surface area contributed by atoms with E-state index in [9.17, 15) is 0 Å². The van der Waals surface area contributed by atoms with Crippen molar-refractivity contribution in [1.29, 1.82) is 0 Å².